The zero-order valence-electron chi connectivity index (χ0n) is 15.7. The number of hydrogen-bond donors (Lipinski definition) is 0. The topological polar surface area (TPSA) is 4.93 Å². The third-order valence-electron chi connectivity index (χ3n) is 6.62. The summed E-state index contributed by atoms with van der Waals surface area (Å²) in [5, 5.41) is 5.80. The summed E-state index contributed by atoms with van der Waals surface area (Å²) in [6.45, 7) is 0. The molecule has 0 aliphatic heterocycles. The Morgan fingerprint density at radius 3 is 2.48 bits per heavy atom. The Morgan fingerprint density at radius 2 is 1.59 bits per heavy atom. The summed E-state index contributed by atoms with van der Waals surface area (Å²) in [6, 6.07) is 20.5. The summed E-state index contributed by atoms with van der Waals surface area (Å²) in [5.74, 6) is 0.720. The molecule has 0 atom stereocenters. The molecule has 5 aromatic rings. The minimum atomic E-state index is 0.720. The maximum Gasteiger partial charge on any atom is 0.0503 e. The number of aryl methyl sites for hydroxylation is 1. The van der Waals surface area contributed by atoms with Crippen LogP contribution in [0.3, 0.4) is 0 Å². The van der Waals surface area contributed by atoms with Crippen molar-refractivity contribution in [1.29, 1.82) is 0 Å². The van der Waals surface area contributed by atoms with Crippen molar-refractivity contribution in [3.63, 3.8) is 0 Å². The van der Waals surface area contributed by atoms with Crippen LogP contribution in [-0.2, 0) is 7.05 Å². The third kappa shape index (κ3) is 2.17. The maximum absolute atomic E-state index is 2.41. The quantitative estimate of drug-likeness (QED) is 0.285. The fourth-order valence-corrected chi connectivity index (χ4v) is 6.54. The van der Waals surface area contributed by atoms with E-state index < -0.39 is 0 Å². The maximum atomic E-state index is 2.41. The molecule has 1 fully saturated rings. The van der Waals surface area contributed by atoms with Gasteiger partial charge in [0.25, 0.3) is 0 Å². The zero-order chi connectivity index (χ0) is 18.0. The Labute approximate surface area is 163 Å². The van der Waals surface area contributed by atoms with Crippen LogP contribution in [0.25, 0.3) is 42.0 Å². The van der Waals surface area contributed by atoms with E-state index in [1.165, 1.54) is 74.1 Å². The Bertz CT molecular complexity index is 1310. The van der Waals surface area contributed by atoms with E-state index in [1.54, 1.807) is 5.56 Å². The van der Waals surface area contributed by atoms with Crippen LogP contribution < -0.4 is 0 Å². The standard InChI is InChI=1S/C25H23NS/c1-26-20-12-7-11-17(16-8-3-2-4-9-16)23(20)24-21(26)15-14-19-18-10-5-6-13-22(18)27-25(19)24/h5-7,10-16H,2-4,8-9H2,1H3. The zero-order valence-corrected chi connectivity index (χ0v) is 16.5. The molecule has 27 heavy (non-hydrogen) atoms. The van der Waals surface area contributed by atoms with Gasteiger partial charge in [0.15, 0.2) is 0 Å². The molecule has 1 aliphatic rings. The van der Waals surface area contributed by atoms with Gasteiger partial charge in [0.1, 0.15) is 0 Å². The van der Waals surface area contributed by atoms with Crippen molar-refractivity contribution >= 4 is 53.3 Å². The van der Waals surface area contributed by atoms with E-state index in [2.05, 4.69) is 66.2 Å². The second-order valence-corrected chi connectivity index (χ2v) is 9.12. The monoisotopic (exact) mass is 369 g/mol. The number of nitrogens with zero attached hydrogens (tertiary/aromatic N) is 1. The fraction of sp³-hybridized carbons (Fsp3) is 0.280. The molecule has 2 aromatic heterocycles. The number of benzene rings is 3. The van der Waals surface area contributed by atoms with E-state index in [0.29, 0.717) is 0 Å². The summed E-state index contributed by atoms with van der Waals surface area (Å²) in [5.41, 5.74) is 4.34. The van der Waals surface area contributed by atoms with Crippen LogP contribution >= 0.6 is 11.3 Å². The molecule has 1 saturated carbocycles. The molecular weight excluding hydrogens is 346 g/mol. The number of rotatable bonds is 1. The first-order valence-corrected chi connectivity index (χ1v) is 11.0. The highest BCUT2D eigenvalue weighted by molar-refractivity contribution is 7.26. The summed E-state index contributed by atoms with van der Waals surface area (Å²) in [7, 11) is 2.23. The molecule has 6 rings (SSSR count). The van der Waals surface area contributed by atoms with Gasteiger partial charge in [0.05, 0.1) is 5.52 Å². The van der Waals surface area contributed by atoms with Gasteiger partial charge in [-0.15, -0.1) is 11.3 Å². The van der Waals surface area contributed by atoms with Crippen molar-refractivity contribution in [2.75, 3.05) is 0 Å². The molecule has 0 amide bonds. The minimum absolute atomic E-state index is 0.720. The molecule has 1 nitrogen and oxygen atoms in total. The van der Waals surface area contributed by atoms with Gasteiger partial charge < -0.3 is 4.57 Å². The van der Waals surface area contributed by atoms with Crippen LogP contribution in [0.4, 0.5) is 0 Å². The fourth-order valence-electron chi connectivity index (χ4n) is 5.29. The second-order valence-electron chi connectivity index (χ2n) is 8.07. The highest BCUT2D eigenvalue weighted by Gasteiger charge is 2.22. The molecule has 0 spiro atoms. The highest BCUT2D eigenvalue weighted by atomic mass is 32.1. The van der Waals surface area contributed by atoms with Crippen molar-refractivity contribution < 1.29 is 0 Å². The third-order valence-corrected chi connectivity index (χ3v) is 7.82. The molecule has 2 heteroatoms. The molecule has 1 aliphatic carbocycles. The number of thiophene rings is 1. The van der Waals surface area contributed by atoms with Crippen molar-refractivity contribution in [1.82, 2.24) is 4.57 Å². The Balaban J connectivity index is 1.80. The number of aromatic nitrogens is 1. The largest absolute Gasteiger partial charge is 0.344 e. The van der Waals surface area contributed by atoms with Crippen molar-refractivity contribution in [2.24, 2.45) is 7.05 Å². The minimum Gasteiger partial charge on any atom is -0.344 e. The molecule has 2 heterocycles. The summed E-state index contributed by atoms with van der Waals surface area (Å²) >= 11 is 1.96. The Kier molecular flexibility index (Phi) is 3.40. The summed E-state index contributed by atoms with van der Waals surface area (Å²) < 4.78 is 5.26. The highest BCUT2D eigenvalue weighted by Crippen LogP contribution is 2.45. The average Bonchev–Trinajstić information content (AvgIpc) is 3.24. The van der Waals surface area contributed by atoms with E-state index in [0.717, 1.165) is 5.92 Å². The van der Waals surface area contributed by atoms with Crippen LogP contribution in [0.5, 0.6) is 0 Å². The molecule has 0 bridgehead atoms. The van der Waals surface area contributed by atoms with E-state index in [4.69, 9.17) is 0 Å². The van der Waals surface area contributed by atoms with Crippen LogP contribution in [0.2, 0.25) is 0 Å². The van der Waals surface area contributed by atoms with E-state index >= 15 is 0 Å². The molecule has 134 valence electrons. The van der Waals surface area contributed by atoms with Crippen molar-refractivity contribution in [2.45, 2.75) is 38.0 Å². The number of fused-ring (bicyclic) bond motifs is 7. The number of hydrogen-bond acceptors (Lipinski definition) is 1. The van der Waals surface area contributed by atoms with Gasteiger partial charge in [0.2, 0.25) is 0 Å². The van der Waals surface area contributed by atoms with E-state index in [9.17, 15) is 0 Å². The lowest BCUT2D eigenvalue weighted by Gasteiger charge is -2.23. The molecule has 0 N–H and O–H groups in total. The van der Waals surface area contributed by atoms with Gasteiger partial charge in [-0.05, 0) is 42.5 Å². The first-order valence-electron chi connectivity index (χ1n) is 10.1. The lowest BCUT2D eigenvalue weighted by Crippen LogP contribution is -2.04. The van der Waals surface area contributed by atoms with E-state index in [-0.39, 0.29) is 0 Å². The lowest BCUT2D eigenvalue weighted by atomic mass is 9.82. The SMILES string of the molecule is Cn1c2cccc(C3CCCCC3)c2c2c3sc4ccccc4c3ccc21. The van der Waals surface area contributed by atoms with Gasteiger partial charge in [-0.1, -0.05) is 55.7 Å². The lowest BCUT2D eigenvalue weighted by molar-refractivity contribution is 0.445. The first-order chi connectivity index (χ1) is 13.3. The Hall–Kier alpha value is -2.32. The molecule has 0 saturated heterocycles. The average molecular weight is 370 g/mol. The van der Waals surface area contributed by atoms with Gasteiger partial charge in [-0.25, -0.2) is 0 Å². The van der Waals surface area contributed by atoms with Crippen molar-refractivity contribution in [3.8, 4) is 0 Å². The summed E-state index contributed by atoms with van der Waals surface area (Å²) in [4.78, 5) is 0. The second kappa shape index (κ2) is 5.84. The van der Waals surface area contributed by atoms with Gasteiger partial charge >= 0.3 is 0 Å². The van der Waals surface area contributed by atoms with Crippen LogP contribution in [-0.4, -0.2) is 4.57 Å². The summed E-state index contributed by atoms with van der Waals surface area (Å²) in [6.07, 6.45) is 6.85. The predicted molar refractivity (Wildman–Crippen MR) is 119 cm³/mol. The predicted octanol–water partition coefficient (Wildman–Crippen LogP) is 7.75. The molecular formula is C25H23NS. The molecule has 0 radical (unpaired) electrons. The van der Waals surface area contributed by atoms with E-state index in [1.807, 2.05) is 11.3 Å². The molecule has 0 unspecified atom stereocenters. The molecule has 3 aromatic carbocycles. The van der Waals surface area contributed by atoms with Crippen molar-refractivity contribution in [3.05, 3.63) is 60.2 Å². The normalized spacial score (nSPS) is 16.2. The van der Waals surface area contributed by atoms with Gasteiger partial charge in [0, 0.05) is 43.5 Å². The van der Waals surface area contributed by atoms with Gasteiger partial charge in [-0.3, -0.25) is 0 Å². The van der Waals surface area contributed by atoms with Crippen LogP contribution in [0.15, 0.2) is 54.6 Å². The Morgan fingerprint density at radius 1 is 0.778 bits per heavy atom. The van der Waals surface area contributed by atoms with Crippen LogP contribution in [0, 0.1) is 0 Å². The first kappa shape index (κ1) is 15.7. The smallest absolute Gasteiger partial charge is 0.0503 e. The van der Waals surface area contributed by atoms with Crippen LogP contribution in [0.1, 0.15) is 43.6 Å². The van der Waals surface area contributed by atoms with Gasteiger partial charge in [-0.2, -0.15) is 0 Å².